The molecule has 6 heteroatoms. The maximum atomic E-state index is 9.37. The van der Waals surface area contributed by atoms with Crippen LogP contribution in [0.25, 0.3) is 0 Å². The summed E-state index contributed by atoms with van der Waals surface area (Å²) in [5, 5.41) is 15.4. The third-order valence-corrected chi connectivity index (χ3v) is 0.605. The molecule has 0 radical (unpaired) electrons. The van der Waals surface area contributed by atoms with Gasteiger partial charge < -0.3 is 15.9 Å². The van der Waals surface area contributed by atoms with Gasteiger partial charge >= 0.3 is 87.4 Å². The van der Waals surface area contributed by atoms with Crippen LogP contribution in [-0.4, -0.2) is 97.6 Å². The average Bonchev–Trinajstić information content (AvgIpc) is 1.89. The molecule has 0 aromatic rings. The molecular weight excluding hydrogens is 216 g/mol. The molecule has 0 rings (SSSR count). The summed E-state index contributed by atoms with van der Waals surface area (Å²) >= 11 is 0. The fraction of sp³-hybridized carbons (Fsp3) is 0.667. The summed E-state index contributed by atoms with van der Waals surface area (Å²) in [6.45, 7) is 3.20. The fourth-order valence-corrected chi connectivity index (χ4v) is 0. The maximum absolute atomic E-state index is 9.37. The minimum atomic E-state index is -0.745. The molecule has 12 heavy (non-hydrogen) atoms. The molecule has 0 saturated heterocycles. The number of carboxylic acids is 2. The Morgan fingerprint density at radius 2 is 1.08 bits per heavy atom. The van der Waals surface area contributed by atoms with Gasteiger partial charge in [-0.05, 0) is 0 Å². The molecule has 0 aliphatic rings. The fourth-order valence-electron chi connectivity index (χ4n) is 0. The number of hydrogen-bond donors (Lipinski definition) is 2. The van der Waals surface area contributed by atoms with E-state index in [1.54, 1.807) is 13.8 Å². The molecule has 0 fully saturated rings. The Kier molecular flexibility index (Phi) is 35.6. The molecule has 0 heterocycles. The SMILES string of the molecule is CCC(=O)O.CCC(=O)O.[Ca+2].[Ca+2].[H-].[H-].[H-].[H-]. The minimum absolute atomic E-state index is 0. The van der Waals surface area contributed by atoms with Crippen LogP contribution >= 0.6 is 0 Å². The molecule has 2 N–H and O–H groups in total. The largest absolute Gasteiger partial charge is 2.00 e. The average molecular weight is 232 g/mol. The normalized spacial score (nSPS) is 6.17. The first kappa shape index (κ1) is 23.4. The van der Waals surface area contributed by atoms with Gasteiger partial charge in [0.15, 0.2) is 0 Å². The van der Waals surface area contributed by atoms with E-state index in [2.05, 4.69) is 0 Å². The molecule has 0 bridgehead atoms. The van der Waals surface area contributed by atoms with E-state index in [9.17, 15) is 9.59 Å². The van der Waals surface area contributed by atoms with Gasteiger partial charge in [-0.25, -0.2) is 0 Å². The van der Waals surface area contributed by atoms with Crippen LogP contribution in [0, 0.1) is 0 Å². The molecular formula is C6H16Ca2O4. The van der Waals surface area contributed by atoms with Gasteiger partial charge in [-0.2, -0.15) is 0 Å². The summed E-state index contributed by atoms with van der Waals surface area (Å²) in [7, 11) is 0. The molecule has 0 spiro atoms. The Morgan fingerprint density at radius 1 is 1.00 bits per heavy atom. The Hall–Kier alpha value is 1.46. The predicted molar refractivity (Wildman–Crippen MR) is 51.8 cm³/mol. The Bertz CT molecular complexity index is 115. The van der Waals surface area contributed by atoms with Crippen molar-refractivity contribution in [3.8, 4) is 0 Å². The van der Waals surface area contributed by atoms with Crippen molar-refractivity contribution >= 4 is 87.4 Å². The number of carboxylic acid groups (broad SMARTS) is 2. The van der Waals surface area contributed by atoms with Gasteiger partial charge in [-0.15, -0.1) is 0 Å². The van der Waals surface area contributed by atoms with E-state index < -0.39 is 11.9 Å². The molecule has 68 valence electrons. The van der Waals surface area contributed by atoms with E-state index in [1.165, 1.54) is 0 Å². The first-order valence-corrected chi connectivity index (χ1v) is 2.98. The van der Waals surface area contributed by atoms with E-state index in [-0.39, 0.29) is 94.0 Å². The molecule has 0 aliphatic carbocycles. The summed E-state index contributed by atoms with van der Waals surface area (Å²) < 4.78 is 0. The number of carbonyl (C=O) groups is 2. The zero-order chi connectivity index (χ0) is 8.57. The molecule has 0 aromatic heterocycles. The van der Waals surface area contributed by atoms with Crippen LogP contribution in [-0.2, 0) is 9.59 Å². The van der Waals surface area contributed by atoms with Crippen LogP contribution in [0.4, 0.5) is 0 Å². The van der Waals surface area contributed by atoms with Crippen LogP contribution in [0.1, 0.15) is 32.4 Å². The number of rotatable bonds is 2. The summed E-state index contributed by atoms with van der Waals surface area (Å²) in [6, 6.07) is 0. The zero-order valence-corrected chi connectivity index (χ0v) is 12.0. The smallest absolute Gasteiger partial charge is 1.00 e. The Labute approximate surface area is 138 Å². The van der Waals surface area contributed by atoms with Crippen LogP contribution in [0.2, 0.25) is 0 Å². The number of aliphatic carboxylic acids is 2. The van der Waals surface area contributed by atoms with Crippen molar-refractivity contribution in [3.05, 3.63) is 0 Å². The quantitative estimate of drug-likeness (QED) is 0.686. The molecule has 0 atom stereocenters. The molecule has 0 amide bonds. The Morgan fingerprint density at radius 3 is 1.08 bits per heavy atom. The van der Waals surface area contributed by atoms with Gasteiger partial charge in [0.1, 0.15) is 0 Å². The zero-order valence-electron chi connectivity index (χ0n) is 11.5. The topological polar surface area (TPSA) is 74.6 Å². The maximum Gasteiger partial charge on any atom is 2.00 e. The first-order chi connectivity index (χ1) is 4.54. The van der Waals surface area contributed by atoms with E-state index in [1.807, 2.05) is 0 Å². The molecule has 4 nitrogen and oxygen atoms in total. The standard InChI is InChI=1S/2C3H6O2.2Ca.4H/c2*1-2-3(4)5;;;;;;/h2*2H2,1H3,(H,4,5);;;;;;/q;;2*+2;4*-1. The minimum Gasteiger partial charge on any atom is -1.00 e. The second kappa shape index (κ2) is 18.3. The predicted octanol–water partition coefficient (Wildman–Crippen LogP) is 0.650. The summed E-state index contributed by atoms with van der Waals surface area (Å²) in [5.41, 5.74) is 0. The third-order valence-electron chi connectivity index (χ3n) is 0.605. The van der Waals surface area contributed by atoms with Gasteiger partial charge in [0, 0.05) is 12.8 Å². The van der Waals surface area contributed by atoms with Gasteiger partial charge in [0.05, 0.1) is 0 Å². The third kappa shape index (κ3) is 42.1. The monoisotopic (exact) mass is 232 g/mol. The van der Waals surface area contributed by atoms with Crippen LogP contribution < -0.4 is 0 Å². The second-order valence-electron chi connectivity index (χ2n) is 1.49. The van der Waals surface area contributed by atoms with Crippen LogP contribution in [0.5, 0.6) is 0 Å². The summed E-state index contributed by atoms with van der Waals surface area (Å²) in [4.78, 5) is 18.7. The van der Waals surface area contributed by atoms with Crippen molar-refractivity contribution < 1.29 is 25.5 Å². The second-order valence-corrected chi connectivity index (χ2v) is 1.49. The summed E-state index contributed by atoms with van der Waals surface area (Å²) in [6.07, 6.45) is 0.444. The molecule has 0 aromatic carbocycles. The Balaban J connectivity index is -0.00000000970. The van der Waals surface area contributed by atoms with E-state index in [4.69, 9.17) is 10.2 Å². The van der Waals surface area contributed by atoms with Crippen molar-refractivity contribution in [3.63, 3.8) is 0 Å². The van der Waals surface area contributed by atoms with Crippen molar-refractivity contribution in [1.82, 2.24) is 0 Å². The van der Waals surface area contributed by atoms with E-state index in [0.29, 0.717) is 0 Å². The van der Waals surface area contributed by atoms with E-state index in [0.717, 1.165) is 0 Å². The first-order valence-electron chi connectivity index (χ1n) is 2.98. The molecule has 0 unspecified atom stereocenters. The van der Waals surface area contributed by atoms with Crippen LogP contribution in [0.15, 0.2) is 0 Å². The molecule has 0 saturated carbocycles. The van der Waals surface area contributed by atoms with Gasteiger partial charge in [0.2, 0.25) is 0 Å². The van der Waals surface area contributed by atoms with E-state index >= 15 is 0 Å². The van der Waals surface area contributed by atoms with Crippen molar-refractivity contribution in [2.45, 2.75) is 26.7 Å². The van der Waals surface area contributed by atoms with Crippen LogP contribution in [0.3, 0.4) is 0 Å². The van der Waals surface area contributed by atoms with Crippen molar-refractivity contribution in [2.75, 3.05) is 0 Å². The number of hydrogen-bond acceptors (Lipinski definition) is 2. The van der Waals surface area contributed by atoms with Crippen molar-refractivity contribution in [1.29, 1.82) is 0 Å². The van der Waals surface area contributed by atoms with Gasteiger partial charge in [-0.1, -0.05) is 13.8 Å². The van der Waals surface area contributed by atoms with Gasteiger partial charge in [0.25, 0.3) is 0 Å². The summed E-state index contributed by atoms with van der Waals surface area (Å²) in [5.74, 6) is -1.49. The molecule has 0 aliphatic heterocycles. The van der Waals surface area contributed by atoms with Gasteiger partial charge in [-0.3, -0.25) is 9.59 Å². The van der Waals surface area contributed by atoms with Crippen molar-refractivity contribution in [2.24, 2.45) is 0 Å².